The van der Waals surface area contributed by atoms with Crippen LogP contribution in [0.2, 0.25) is 5.02 Å². The first-order chi connectivity index (χ1) is 19.9. The van der Waals surface area contributed by atoms with Gasteiger partial charge in [-0.1, -0.05) is 61.3 Å². The van der Waals surface area contributed by atoms with Gasteiger partial charge in [-0.2, -0.15) is 0 Å². The number of sulfonamides is 1. The number of nitrogens with one attached hydrogen (secondary N) is 1. The predicted octanol–water partition coefficient (Wildman–Crippen LogP) is 5.88. The highest BCUT2D eigenvalue weighted by molar-refractivity contribution is 7.92. The number of rotatable bonds is 13. The molecule has 0 aliphatic heterocycles. The smallest absolute Gasteiger partial charge is 0.264 e. The standard InChI is InChI=1S/C32H40ClN3O5S/c1-7-24(5)34-32(38)29(8-2)35(20-25-12-15-27(41-6)16-13-25)31(37)21-36(30-19-26(33)14-11-23(30)4)42(39,40)28-17-9-22(3)10-18-28/h9-19,24,29H,7-8,20-21H2,1-6H3,(H,34,38)/t24-,29+/m1/s1. The van der Waals surface area contributed by atoms with Crippen molar-refractivity contribution in [3.63, 3.8) is 0 Å². The first-order valence-corrected chi connectivity index (χ1v) is 15.8. The Morgan fingerprint density at radius 3 is 2.17 bits per heavy atom. The number of aryl methyl sites for hydroxylation is 2. The Hall–Kier alpha value is -3.56. The summed E-state index contributed by atoms with van der Waals surface area (Å²) in [5, 5.41) is 3.32. The molecular formula is C32H40ClN3O5S. The number of benzene rings is 3. The zero-order valence-electron chi connectivity index (χ0n) is 25.1. The normalized spacial score (nSPS) is 12.7. The maximum Gasteiger partial charge on any atom is 0.264 e. The monoisotopic (exact) mass is 613 g/mol. The first-order valence-electron chi connectivity index (χ1n) is 14.0. The van der Waals surface area contributed by atoms with E-state index in [0.717, 1.165) is 21.9 Å². The van der Waals surface area contributed by atoms with Gasteiger partial charge in [-0.25, -0.2) is 8.42 Å². The Morgan fingerprint density at radius 2 is 1.60 bits per heavy atom. The summed E-state index contributed by atoms with van der Waals surface area (Å²) in [5.41, 5.74) is 2.59. The second kappa shape index (κ2) is 14.6. The number of carbonyl (C=O) groups is 2. The number of amides is 2. The van der Waals surface area contributed by atoms with Gasteiger partial charge in [0, 0.05) is 17.6 Å². The molecule has 1 N–H and O–H groups in total. The van der Waals surface area contributed by atoms with Crippen LogP contribution in [0.25, 0.3) is 0 Å². The van der Waals surface area contributed by atoms with Crippen molar-refractivity contribution in [1.29, 1.82) is 0 Å². The summed E-state index contributed by atoms with van der Waals surface area (Å²) in [4.78, 5) is 29.1. The molecule has 42 heavy (non-hydrogen) atoms. The number of anilines is 1. The van der Waals surface area contributed by atoms with Gasteiger partial charge in [0.25, 0.3) is 10.0 Å². The molecule has 2 atom stereocenters. The van der Waals surface area contributed by atoms with Gasteiger partial charge in [0.15, 0.2) is 0 Å². The van der Waals surface area contributed by atoms with Crippen LogP contribution in [-0.2, 0) is 26.2 Å². The van der Waals surface area contributed by atoms with E-state index in [4.69, 9.17) is 16.3 Å². The average Bonchev–Trinajstić information content (AvgIpc) is 2.97. The molecule has 3 aromatic rings. The van der Waals surface area contributed by atoms with Crippen molar-refractivity contribution < 1.29 is 22.7 Å². The van der Waals surface area contributed by atoms with E-state index < -0.39 is 28.5 Å². The Bertz CT molecular complexity index is 1480. The zero-order chi connectivity index (χ0) is 31.0. The number of halogens is 1. The fourth-order valence-electron chi connectivity index (χ4n) is 4.49. The van der Waals surface area contributed by atoms with Crippen LogP contribution in [0.3, 0.4) is 0 Å². The molecule has 0 fully saturated rings. The third-order valence-electron chi connectivity index (χ3n) is 7.23. The van der Waals surface area contributed by atoms with Crippen molar-refractivity contribution in [2.75, 3.05) is 18.0 Å². The molecule has 226 valence electrons. The molecule has 0 saturated carbocycles. The van der Waals surface area contributed by atoms with E-state index in [1.807, 2.05) is 39.8 Å². The van der Waals surface area contributed by atoms with Crippen molar-refractivity contribution in [2.24, 2.45) is 0 Å². The van der Waals surface area contributed by atoms with Crippen molar-refractivity contribution in [3.05, 3.63) is 88.4 Å². The third kappa shape index (κ3) is 8.04. The van der Waals surface area contributed by atoms with Crippen LogP contribution in [0.1, 0.15) is 50.3 Å². The quantitative estimate of drug-likeness (QED) is 0.260. The van der Waals surface area contributed by atoms with E-state index in [2.05, 4.69) is 5.32 Å². The van der Waals surface area contributed by atoms with Crippen molar-refractivity contribution in [2.45, 2.75) is 71.0 Å². The van der Waals surface area contributed by atoms with Gasteiger partial charge >= 0.3 is 0 Å². The predicted molar refractivity (Wildman–Crippen MR) is 167 cm³/mol. The molecule has 0 saturated heterocycles. The molecular weight excluding hydrogens is 574 g/mol. The van der Waals surface area contributed by atoms with Gasteiger partial charge in [0.1, 0.15) is 18.3 Å². The SMILES string of the molecule is CC[C@@H](C)NC(=O)[C@H](CC)N(Cc1ccc(OC)cc1)C(=O)CN(c1cc(Cl)ccc1C)S(=O)(=O)c1ccc(C)cc1. The summed E-state index contributed by atoms with van der Waals surface area (Å²) in [6, 6.07) is 17.7. The van der Waals surface area contributed by atoms with E-state index in [0.29, 0.717) is 22.8 Å². The van der Waals surface area contributed by atoms with Gasteiger partial charge in [0.2, 0.25) is 11.8 Å². The molecule has 0 radical (unpaired) electrons. The molecule has 8 nitrogen and oxygen atoms in total. The van der Waals surface area contributed by atoms with E-state index in [1.54, 1.807) is 50.4 Å². The minimum Gasteiger partial charge on any atom is -0.497 e. The van der Waals surface area contributed by atoms with Crippen LogP contribution in [0.4, 0.5) is 5.69 Å². The lowest BCUT2D eigenvalue weighted by Gasteiger charge is -2.34. The summed E-state index contributed by atoms with van der Waals surface area (Å²) in [7, 11) is -2.62. The largest absolute Gasteiger partial charge is 0.497 e. The van der Waals surface area contributed by atoms with E-state index in [-0.39, 0.29) is 29.1 Å². The fourth-order valence-corrected chi connectivity index (χ4v) is 6.13. The minimum atomic E-state index is -4.19. The van der Waals surface area contributed by atoms with Gasteiger partial charge in [0.05, 0.1) is 17.7 Å². The maximum absolute atomic E-state index is 14.2. The molecule has 0 bridgehead atoms. The molecule has 0 heterocycles. The van der Waals surface area contributed by atoms with Crippen molar-refractivity contribution in [1.82, 2.24) is 10.2 Å². The molecule has 0 unspecified atom stereocenters. The fraction of sp³-hybridized carbons (Fsp3) is 0.375. The zero-order valence-corrected chi connectivity index (χ0v) is 26.6. The van der Waals surface area contributed by atoms with Crippen LogP contribution < -0.4 is 14.4 Å². The average molecular weight is 614 g/mol. The lowest BCUT2D eigenvalue weighted by Crippen LogP contribution is -2.53. The molecule has 0 aliphatic rings. The van der Waals surface area contributed by atoms with Crippen LogP contribution in [0.5, 0.6) is 5.75 Å². The Balaban J connectivity index is 2.09. The van der Waals surface area contributed by atoms with Gasteiger partial charge in [-0.15, -0.1) is 0 Å². The van der Waals surface area contributed by atoms with Crippen molar-refractivity contribution >= 4 is 39.1 Å². The minimum absolute atomic E-state index is 0.0449. The van der Waals surface area contributed by atoms with Crippen LogP contribution in [0.15, 0.2) is 71.6 Å². The van der Waals surface area contributed by atoms with E-state index in [9.17, 15) is 18.0 Å². The summed E-state index contributed by atoms with van der Waals surface area (Å²) in [6.45, 7) is 8.90. The van der Waals surface area contributed by atoms with Crippen LogP contribution in [-0.4, -0.2) is 50.9 Å². The molecule has 3 aromatic carbocycles. The Kier molecular flexibility index (Phi) is 11.4. The topological polar surface area (TPSA) is 96.0 Å². The number of methoxy groups -OCH3 is 1. The second-order valence-corrected chi connectivity index (χ2v) is 12.7. The number of hydrogen-bond acceptors (Lipinski definition) is 5. The third-order valence-corrected chi connectivity index (χ3v) is 9.24. The lowest BCUT2D eigenvalue weighted by atomic mass is 10.1. The first kappa shape index (κ1) is 32.9. The lowest BCUT2D eigenvalue weighted by molar-refractivity contribution is -0.140. The molecule has 2 amide bonds. The highest BCUT2D eigenvalue weighted by atomic mass is 35.5. The molecule has 0 aromatic heterocycles. The van der Waals surface area contributed by atoms with Crippen molar-refractivity contribution in [3.8, 4) is 5.75 Å². The Labute approximate surface area is 254 Å². The number of ether oxygens (including phenoxy) is 1. The Morgan fingerprint density at radius 1 is 0.952 bits per heavy atom. The molecule has 3 rings (SSSR count). The van der Waals surface area contributed by atoms with Crippen LogP contribution >= 0.6 is 11.6 Å². The van der Waals surface area contributed by atoms with Gasteiger partial charge < -0.3 is 15.0 Å². The molecule has 10 heteroatoms. The number of hydrogen-bond donors (Lipinski definition) is 1. The van der Waals surface area contributed by atoms with E-state index in [1.165, 1.54) is 23.1 Å². The molecule has 0 spiro atoms. The maximum atomic E-state index is 14.2. The van der Waals surface area contributed by atoms with Gasteiger partial charge in [-0.3, -0.25) is 13.9 Å². The summed E-state index contributed by atoms with van der Waals surface area (Å²) < 4.78 is 34.5. The number of nitrogens with zero attached hydrogens (tertiary/aromatic N) is 2. The highest BCUT2D eigenvalue weighted by Gasteiger charge is 2.34. The summed E-state index contributed by atoms with van der Waals surface area (Å²) in [5.74, 6) is -0.155. The van der Waals surface area contributed by atoms with Gasteiger partial charge in [-0.05, 0) is 81.1 Å². The van der Waals surface area contributed by atoms with Crippen LogP contribution in [0, 0.1) is 13.8 Å². The van der Waals surface area contributed by atoms with E-state index >= 15 is 0 Å². The number of carbonyl (C=O) groups excluding carboxylic acids is 2. The highest BCUT2D eigenvalue weighted by Crippen LogP contribution is 2.30. The molecule has 0 aliphatic carbocycles. The summed E-state index contributed by atoms with van der Waals surface area (Å²) in [6.07, 6.45) is 1.07. The summed E-state index contributed by atoms with van der Waals surface area (Å²) >= 11 is 6.31. The second-order valence-electron chi connectivity index (χ2n) is 10.4.